The summed E-state index contributed by atoms with van der Waals surface area (Å²) in [4.78, 5) is 18.2. The van der Waals surface area contributed by atoms with Crippen LogP contribution in [0.2, 0.25) is 5.02 Å². The first-order valence-electron chi connectivity index (χ1n) is 6.40. The summed E-state index contributed by atoms with van der Waals surface area (Å²) in [5.74, 6) is 0.334. The van der Waals surface area contributed by atoms with E-state index in [9.17, 15) is 4.79 Å². The van der Waals surface area contributed by atoms with Crippen molar-refractivity contribution < 1.29 is 9.53 Å². The quantitative estimate of drug-likeness (QED) is 0.856. The first-order valence-corrected chi connectivity index (χ1v) is 6.78. The van der Waals surface area contributed by atoms with E-state index in [0.717, 1.165) is 32.0 Å². The Morgan fingerprint density at radius 2 is 2.16 bits per heavy atom. The van der Waals surface area contributed by atoms with E-state index in [1.165, 1.54) is 6.20 Å². The van der Waals surface area contributed by atoms with Crippen molar-refractivity contribution in [2.75, 3.05) is 31.1 Å². The Labute approximate surface area is 117 Å². The number of anilines is 1. The van der Waals surface area contributed by atoms with Crippen molar-refractivity contribution in [3.8, 4) is 0 Å². The highest BCUT2D eigenvalue weighted by molar-refractivity contribution is 6.33. The molecule has 0 aromatic carbocycles. The zero-order chi connectivity index (χ0) is 13.8. The van der Waals surface area contributed by atoms with Gasteiger partial charge in [0.15, 0.2) is 0 Å². The number of esters is 1. The molecule has 0 unspecified atom stereocenters. The summed E-state index contributed by atoms with van der Waals surface area (Å²) in [5.41, 5.74) is 0.387. The molecule has 1 N–H and O–H groups in total. The van der Waals surface area contributed by atoms with Gasteiger partial charge in [0.25, 0.3) is 0 Å². The molecule has 104 valence electrons. The zero-order valence-electron chi connectivity index (χ0n) is 11.1. The summed E-state index contributed by atoms with van der Waals surface area (Å²) in [5, 5.41) is 3.75. The molecule has 2 heterocycles. The fourth-order valence-electron chi connectivity index (χ4n) is 1.93. The molecule has 0 spiro atoms. The fourth-order valence-corrected chi connectivity index (χ4v) is 2.22. The van der Waals surface area contributed by atoms with Gasteiger partial charge >= 0.3 is 5.97 Å². The number of aromatic nitrogens is 1. The van der Waals surface area contributed by atoms with E-state index < -0.39 is 5.97 Å². The van der Waals surface area contributed by atoms with Gasteiger partial charge in [-0.15, -0.1) is 0 Å². The van der Waals surface area contributed by atoms with Gasteiger partial charge in [-0.1, -0.05) is 11.6 Å². The second kappa shape index (κ2) is 6.21. The monoisotopic (exact) mass is 283 g/mol. The van der Waals surface area contributed by atoms with Crippen LogP contribution in [0.15, 0.2) is 12.3 Å². The van der Waals surface area contributed by atoms with E-state index in [1.807, 2.05) is 13.8 Å². The largest absolute Gasteiger partial charge is 0.459 e. The van der Waals surface area contributed by atoms with Crippen LogP contribution < -0.4 is 10.2 Å². The van der Waals surface area contributed by atoms with Crippen LogP contribution >= 0.6 is 11.6 Å². The first-order chi connectivity index (χ1) is 9.08. The van der Waals surface area contributed by atoms with E-state index in [2.05, 4.69) is 15.2 Å². The molecule has 1 fully saturated rings. The summed E-state index contributed by atoms with van der Waals surface area (Å²) in [6.07, 6.45) is 1.37. The Kier molecular flexibility index (Phi) is 4.61. The minimum Gasteiger partial charge on any atom is -0.459 e. The zero-order valence-corrected chi connectivity index (χ0v) is 11.9. The van der Waals surface area contributed by atoms with Crippen LogP contribution in [0.1, 0.15) is 24.2 Å². The summed E-state index contributed by atoms with van der Waals surface area (Å²) in [7, 11) is 0. The minimum absolute atomic E-state index is 0.154. The molecule has 1 saturated heterocycles. The first kappa shape index (κ1) is 14.1. The van der Waals surface area contributed by atoms with Crippen molar-refractivity contribution in [2.24, 2.45) is 0 Å². The lowest BCUT2D eigenvalue weighted by molar-refractivity contribution is 0.0377. The van der Waals surface area contributed by atoms with Gasteiger partial charge in [-0.25, -0.2) is 9.78 Å². The van der Waals surface area contributed by atoms with Crippen molar-refractivity contribution in [1.29, 1.82) is 0 Å². The average molecular weight is 284 g/mol. The third-order valence-electron chi connectivity index (χ3n) is 2.82. The molecule has 0 atom stereocenters. The van der Waals surface area contributed by atoms with E-state index in [4.69, 9.17) is 16.3 Å². The SMILES string of the molecule is CC(C)OC(=O)c1cnc(N2CCNCC2)c(Cl)c1. The maximum atomic E-state index is 11.8. The number of carbonyl (C=O) groups is 1. The maximum absolute atomic E-state index is 11.8. The van der Waals surface area contributed by atoms with Gasteiger partial charge in [0.2, 0.25) is 0 Å². The van der Waals surface area contributed by atoms with Crippen LogP contribution in [0.5, 0.6) is 0 Å². The molecule has 1 aromatic rings. The van der Waals surface area contributed by atoms with Crippen LogP contribution in [0.3, 0.4) is 0 Å². The highest BCUT2D eigenvalue weighted by Crippen LogP contribution is 2.24. The van der Waals surface area contributed by atoms with Crippen LogP contribution in [0.25, 0.3) is 0 Å². The third-order valence-corrected chi connectivity index (χ3v) is 3.09. The van der Waals surface area contributed by atoms with E-state index in [-0.39, 0.29) is 6.10 Å². The summed E-state index contributed by atoms with van der Waals surface area (Å²) in [6.45, 7) is 7.17. The lowest BCUT2D eigenvalue weighted by atomic mass is 10.2. The van der Waals surface area contributed by atoms with Crippen LogP contribution in [-0.2, 0) is 4.74 Å². The predicted molar refractivity (Wildman–Crippen MR) is 74.9 cm³/mol. The Hall–Kier alpha value is -1.33. The van der Waals surface area contributed by atoms with Gasteiger partial charge in [-0.05, 0) is 19.9 Å². The number of halogens is 1. The van der Waals surface area contributed by atoms with Crippen molar-refractivity contribution in [3.05, 3.63) is 22.8 Å². The number of piperazine rings is 1. The molecule has 6 heteroatoms. The fraction of sp³-hybridized carbons (Fsp3) is 0.538. The minimum atomic E-state index is -0.392. The van der Waals surface area contributed by atoms with E-state index in [1.54, 1.807) is 6.07 Å². The van der Waals surface area contributed by atoms with Crippen LogP contribution in [0.4, 0.5) is 5.82 Å². The number of carbonyl (C=O) groups excluding carboxylic acids is 1. The number of pyridine rings is 1. The molecule has 0 radical (unpaired) electrons. The molecule has 0 aliphatic carbocycles. The molecular formula is C13H18ClN3O2. The average Bonchev–Trinajstić information content (AvgIpc) is 2.38. The smallest absolute Gasteiger partial charge is 0.340 e. The van der Waals surface area contributed by atoms with Gasteiger partial charge in [-0.3, -0.25) is 0 Å². The third kappa shape index (κ3) is 3.58. The predicted octanol–water partition coefficient (Wildman–Crippen LogP) is 1.71. The normalized spacial score (nSPS) is 15.7. The summed E-state index contributed by atoms with van der Waals surface area (Å²) >= 11 is 6.21. The molecule has 5 nitrogen and oxygen atoms in total. The summed E-state index contributed by atoms with van der Waals surface area (Å²) < 4.78 is 5.12. The Bertz CT molecular complexity index is 459. The summed E-state index contributed by atoms with van der Waals surface area (Å²) in [6, 6.07) is 1.62. The second-order valence-corrected chi connectivity index (χ2v) is 5.13. The number of nitrogens with zero attached hydrogens (tertiary/aromatic N) is 2. The molecule has 19 heavy (non-hydrogen) atoms. The molecule has 1 aromatic heterocycles. The number of nitrogens with one attached hydrogen (secondary N) is 1. The number of hydrogen-bond acceptors (Lipinski definition) is 5. The molecule has 0 saturated carbocycles. The maximum Gasteiger partial charge on any atom is 0.340 e. The molecule has 1 aliphatic heterocycles. The van der Waals surface area contributed by atoms with Gasteiger partial charge < -0.3 is 15.0 Å². The van der Waals surface area contributed by atoms with Crippen molar-refractivity contribution in [2.45, 2.75) is 20.0 Å². The van der Waals surface area contributed by atoms with Crippen molar-refractivity contribution >= 4 is 23.4 Å². The second-order valence-electron chi connectivity index (χ2n) is 4.72. The molecule has 1 aliphatic rings. The van der Waals surface area contributed by atoms with E-state index >= 15 is 0 Å². The molecular weight excluding hydrogens is 266 g/mol. The van der Waals surface area contributed by atoms with Crippen molar-refractivity contribution in [3.63, 3.8) is 0 Å². The molecule has 2 rings (SSSR count). The Balaban J connectivity index is 2.14. The standard InChI is InChI=1S/C13H18ClN3O2/c1-9(2)19-13(18)10-7-11(14)12(16-8-10)17-5-3-15-4-6-17/h7-9,15H,3-6H2,1-2H3. The van der Waals surface area contributed by atoms with E-state index in [0.29, 0.717) is 10.6 Å². The van der Waals surface area contributed by atoms with Crippen molar-refractivity contribution in [1.82, 2.24) is 10.3 Å². The molecule has 0 amide bonds. The van der Waals surface area contributed by atoms with Crippen LogP contribution in [0, 0.1) is 0 Å². The highest BCUT2D eigenvalue weighted by Gasteiger charge is 2.17. The number of ether oxygens (including phenoxy) is 1. The lowest BCUT2D eigenvalue weighted by Gasteiger charge is -2.29. The number of hydrogen-bond donors (Lipinski definition) is 1. The van der Waals surface area contributed by atoms with Crippen LogP contribution in [-0.4, -0.2) is 43.2 Å². The Morgan fingerprint density at radius 1 is 1.47 bits per heavy atom. The highest BCUT2D eigenvalue weighted by atomic mass is 35.5. The van der Waals surface area contributed by atoms with Gasteiger partial charge in [0.05, 0.1) is 16.7 Å². The van der Waals surface area contributed by atoms with Gasteiger partial charge in [0.1, 0.15) is 5.82 Å². The van der Waals surface area contributed by atoms with Gasteiger partial charge in [-0.2, -0.15) is 0 Å². The number of rotatable bonds is 3. The topological polar surface area (TPSA) is 54.5 Å². The van der Waals surface area contributed by atoms with Gasteiger partial charge in [0, 0.05) is 32.4 Å². The molecule has 0 bridgehead atoms. The lowest BCUT2D eigenvalue weighted by Crippen LogP contribution is -2.44. The Morgan fingerprint density at radius 3 is 2.74 bits per heavy atom.